The van der Waals surface area contributed by atoms with Crippen LogP contribution in [0.4, 0.5) is 5.69 Å². The molecule has 0 radical (unpaired) electrons. The molecule has 0 saturated heterocycles. The van der Waals surface area contributed by atoms with E-state index >= 15 is 0 Å². The third-order valence-corrected chi connectivity index (χ3v) is 8.33. The molecule has 0 aliphatic rings. The Morgan fingerprint density at radius 3 is 2.25 bits per heavy atom. The number of anilines is 1. The number of rotatable bonds is 13. The summed E-state index contributed by atoms with van der Waals surface area (Å²) in [5.41, 5.74) is 1.88. The lowest BCUT2D eigenvalue weighted by atomic mass is 10.1. The zero-order valence-corrected chi connectivity index (χ0v) is 24.8. The van der Waals surface area contributed by atoms with Crippen LogP contribution >= 0.6 is 11.6 Å². The number of benzene rings is 3. The number of carbonyl (C=O) groups is 2. The van der Waals surface area contributed by atoms with Crippen LogP contribution in [0.25, 0.3) is 0 Å². The Bertz CT molecular complexity index is 1400. The van der Waals surface area contributed by atoms with E-state index in [1.807, 2.05) is 13.8 Å². The summed E-state index contributed by atoms with van der Waals surface area (Å²) in [4.78, 5) is 28.4. The Morgan fingerprint density at radius 1 is 0.975 bits per heavy atom. The van der Waals surface area contributed by atoms with E-state index in [0.717, 1.165) is 21.9 Å². The molecular weight excluding hydrogens is 550 g/mol. The molecular formula is C30H36ClN3O5S. The molecule has 8 nitrogen and oxygen atoms in total. The van der Waals surface area contributed by atoms with Crippen molar-refractivity contribution in [2.45, 2.75) is 51.6 Å². The fourth-order valence-corrected chi connectivity index (χ4v) is 5.61. The highest BCUT2D eigenvalue weighted by Gasteiger charge is 2.33. The first kappa shape index (κ1) is 31.0. The van der Waals surface area contributed by atoms with Crippen LogP contribution in [0.15, 0.2) is 77.7 Å². The van der Waals surface area contributed by atoms with Gasteiger partial charge in [-0.1, -0.05) is 60.5 Å². The fourth-order valence-electron chi connectivity index (χ4n) is 4.06. The molecule has 0 heterocycles. The number of aryl methyl sites for hydroxylation is 1. The molecule has 0 aliphatic heterocycles. The van der Waals surface area contributed by atoms with Crippen molar-refractivity contribution in [1.82, 2.24) is 10.2 Å². The summed E-state index contributed by atoms with van der Waals surface area (Å²) in [6.45, 7) is 7.54. The Hall–Kier alpha value is -3.56. The summed E-state index contributed by atoms with van der Waals surface area (Å²) < 4.78 is 34.8. The SMILES string of the molecule is CCCNC(=O)[C@@H](C)N(Cc1ccc(Cl)cc1)C(=O)CN(c1ccccc1OCC)S(=O)(=O)c1ccc(C)cc1. The molecule has 40 heavy (non-hydrogen) atoms. The van der Waals surface area contributed by atoms with Gasteiger partial charge in [-0.25, -0.2) is 8.42 Å². The van der Waals surface area contributed by atoms with Crippen molar-refractivity contribution in [3.63, 3.8) is 0 Å². The minimum Gasteiger partial charge on any atom is -0.492 e. The van der Waals surface area contributed by atoms with E-state index in [1.165, 1.54) is 17.0 Å². The molecule has 1 atom stereocenters. The normalized spacial score (nSPS) is 11.9. The lowest BCUT2D eigenvalue weighted by Crippen LogP contribution is -2.51. The van der Waals surface area contributed by atoms with E-state index in [9.17, 15) is 18.0 Å². The van der Waals surface area contributed by atoms with Gasteiger partial charge in [0.1, 0.15) is 18.3 Å². The Kier molecular flexibility index (Phi) is 11.0. The van der Waals surface area contributed by atoms with Crippen molar-refractivity contribution in [3.8, 4) is 5.75 Å². The predicted octanol–water partition coefficient (Wildman–Crippen LogP) is 5.19. The number of amides is 2. The maximum Gasteiger partial charge on any atom is 0.264 e. The molecule has 10 heteroatoms. The highest BCUT2D eigenvalue weighted by molar-refractivity contribution is 7.92. The number of sulfonamides is 1. The van der Waals surface area contributed by atoms with Gasteiger partial charge in [-0.3, -0.25) is 13.9 Å². The van der Waals surface area contributed by atoms with Crippen molar-refractivity contribution >= 4 is 39.1 Å². The molecule has 0 bridgehead atoms. The van der Waals surface area contributed by atoms with Gasteiger partial charge in [0.05, 0.1) is 17.2 Å². The quantitative estimate of drug-likeness (QED) is 0.298. The van der Waals surface area contributed by atoms with Crippen molar-refractivity contribution in [1.29, 1.82) is 0 Å². The topological polar surface area (TPSA) is 96.0 Å². The highest BCUT2D eigenvalue weighted by Crippen LogP contribution is 2.33. The number of halogens is 1. The molecule has 3 aromatic carbocycles. The molecule has 3 rings (SSSR count). The van der Waals surface area contributed by atoms with E-state index in [0.29, 0.717) is 23.9 Å². The molecule has 214 valence electrons. The van der Waals surface area contributed by atoms with Gasteiger partial charge in [0.25, 0.3) is 10.0 Å². The van der Waals surface area contributed by atoms with Crippen LogP contribution in [-0.4, -0.2) is 50.9 Å². The molecule has 0 spiro atoms. The Labute approximate surface area is 241 Å². The number of nitrogens with zero attached hydrogens (tertiary/aromatic N) is 2. The largest absolute Gasteiger partial charge is 0.492 e. The first-order valence-electron chi connectivity index (χ1n) is 13.2. The molecule has 0 aromatic heterocycles. The van der Waals surface area contributed by atoms with Crippen LogP contribution in [0.3, 0.4) is 0 Å². The molecule has 3 aromatic rings. The van der Waals surface area contributed by atoms with Crippen molar-refractivity contribution < 1.29 is 22.7 Å². The predicted molar refractivity (Wildman–Crippen MR) is 158 cm³/mol. The lowest BCUT2D eigenvalue weighted by molar-refractivity contribution is -0.139. The molecule has 2 amide bonds. The zero-order chi connectivity index (χ0) is 29.3. The molecule has 1 N–H and O–H groups in total. The van der Waals surface area contributed by atoms with Gasteiger partial charge < -0.3 is 15.0 Å². The highest BCUT2D eigenvalue weighted by atomic mass is 35.5. The Morgan fingerprint density at radius 2 is 1.62 bits per heavy atom. The van der Waals surface area contributed by atoms with E-state index in [-0.39, 0.29) is 23.0 Å². The molecule has 0 saturated carbocycles. The summed E-state index contributed by atoms with van der Waals surface area (Å²) in [6, 6.07) is 19.2. The van der Waals surface area contributed by atoms with Gasteiger partial charge in [-0.2, -0.15) is 0 Å². The van der Waals surface area contributed by atoms with Crippen molar-refractivity contribution in [2.75, 3.05) is 24.0 Å². The van der Waals surface area contributed by atoms with Crippen molar-refractivity contribution in [2.24, 2.45) is 0 Å². The second-order valence-electron chi connectivity index (χ2n) is 9.34. The summed E-state index contributed by atoms with van der Waals surface area (Å²) in [6.07, 6.45) is 0.736. The summed E-state index contributed by atoms with van der Waals surface area (Å²) in [7, 11) is -4.19. The summed E-state index contributed by atoms with van der Waals surface area (Å²) in [5.74, 6) is -0.547. The average Bonchev–Trinajstić information content (AvgIpc) is 2.94. The minimum atomic E-state index is -4.19. The van der Waals surface area contributed by atoms with Crippen LogP contribution in [0.1, 0.15) is 38.3 Å². The van der Waals surface area contributed by atoms with Gasteiger partial charge >= 0.3 is 0 Å². The number of ether oxygens (including phenoxy) is 1. The van der Waals surface area contributed by atoms with Crippen LogP contribution in [0.5, 0.6) is 5.75 Å². The van der Waals surface area contributed by atoms with E-state index in [2.05, 4.69) is 5.32 Å². The van der Waals surface area contributed by atoms with Crippen LogP contribution < -0.4 is 14.4 Å². The van der Waals surface area contributed by atoms with E-state index in [4.69, 9.17) is 16.3 Å². The second-order valence-corrected chi connectivity index (χ2v) is 11.6. The average molecular weight is 586 g/mol. The number of nitrogens with one attached hydrogen (secondary N) is 1. The monoisotopic (exact) mass is 585 g/mol. The van der Waals surface area contributed by atoms with Gasteiger partial charge in [-0.15, -0.1) is 0 Å². The standard InChI is InChI=1S/C30H36ClN3O5S/c1-5-19-32-30(36)23(4)33(20-24-13-15-25(31)16-14-24)29(35)21-34(27-9-7-8-10-28(27)39-6-2)40(37,38)26-17-11-22(3)12-18-26/h7-18,23H,5-6,19-21H2,1-4H3,(H,32,36)/t23-/m1/s1. The van der Waals surface area contributed by atoms with Gasteiger partial charge in [0.15, 0.2) is 0 Å². The van der Waals surface area contributed by atoms with Gasteiger partial charge in [0, 0.05) is 18.1 Å². The number of hydrogen-bond donors (Lipinski definition) is 1. The first-order valence-corrected chi connectivity index (χ1v) is 15.0. The van der Waals surface area contributed by atoms with Crippen LogP contribution in [-0.2, 0) is 26.2 Å². The second kappa shape index (κ2) is 14.2. The lowest BCUT2D eigenvalue weighted by Gasteiger charge is -2.32. The third kappa shape index (κ3) is 7.76. The first-order chi connectivity index (χ1) is 19.1. The summed E-state index contributed by atoms with van der Waals surface area (Å²) >= 11 is 6.05. The number of carbonyl (C=O) groups excluding carboxylic acids is 2. The van der Waals surface area contributed by atoms with E-state index in [1.54, 1.807) is 74.5 Å². The maximum atomic E-state index is 14.0. The van der Waals surface area contributed by atoms with Crippen LogP contribution in [0.2, 0.25) is 5.02 Å². The summed E-state index contributed by atoms with van der Waals surface area (Å²) in [5, 5.41) is 3.37. The Balaban J connectivity index is 2.06. The molecule has 0 aliphatic carbocycles. The minimum absolute atomic E-state index is 0.0372. The third-order valence-electron chi connectivity index (χ3n) is 6.30. The van der Waals surface area contributed by atoms with Gasteiger partial charge in [-0.05, 0) is 69.2 Å². The molecule has 0 unspecified atom stereocenters. The van der Waals surface area contributed by atoms with Crippen molar-refractivity contribution in [3.05, 3.63) is 88.9 Å². The maximum absolute atomic E-state index is 14.0. The fraction of sp³-hybridized carbons (Fsp3) is 0.333. The number of hydrogen-bond acceptors (Lipinski definition) is 5. The molecule has 0 fully saturated rings. The number of para-hydroxylation sites is 2. The zero-order valence-electron chi connectivity index (χ0n) is 23.3. The van der Waals surface area contributed by atoms with Crippen LogP contribution in [0, 0.1) is 6.92 Å². The van der Waals surface area contributed by atoms with Gasteiger partial charge in [0.2, 0.25) is 11.8 Å². The van der Waals surface area contributed by atoms with E-state index < -0.39 is 28.5 Å². The smallest absolute Gasteiger partial charge is 0.264 e.